The van der Waals surface area contributed by atoms with Crippen LogP contribution in [0, 0.1) is 0 Å². The third-order valence-electron chi connectivity index (χ3n) is 5.32. The van der Waals surface area contributed by atoms with Crippen LogP contribution >= 0.6 is 0 Å². The van der Waals surface area contributed by atoms with Crippen molar-refractivity contribution in [2.75, 3.05) is 5.32 Å². The summed E-state index contributed by atoms with van der Waals surface area (Å²) >= 11 is 0. The number of hydrogen-bond donors (Lipinski definition) is 1. The predicted molar refractivity (Wildman–Crippen MR) is 113 cm³/mol. The number of aromatic nitrogens is 2. The number of carbonyl (C=O) groups excluding carboxylic acids is 1. The number of nitrogens with zero attached hydrogens (tertiary/aromatic N) is 2. The summed E-state index contributed by atoms with van der Waals surface area (Å²) in [4.78, 5) is 17.7. The molecule has 4 aromatic rings. The lowest BCUT2D eigenvalue weighted by Gasteiger charge is -2.19. The lowest BCUT2D eigenvalue weighted by atomic mass is 9.86. The molecule has 0 fully saturated rings. The Morgan fingerprint density at radius 3 is 2.39 bits per heavy atom. The van der Waals surface area contributed by atoms with E-state index in [9.17, 15) is 4.79 Å². The average molecular weight is 367 g/mol. The van der Waals surface area contributed by atoms with Gasteiger partial charge in [0.15, 0.2) is 0 Å². The number of fused-ring (bicyclic) bond motifs is 2. The van der Waals surface area contributed by atoms with Gasteiger partial charge in [0.25, 0.3) is 5.91 Å². The minimum atomic E-state index is -0.105. The van der Waals surface area contributed by atoms with Crippen molar-refractivity contribution in [1.82, 2.24) is 9.55 Å². The number of benzene rings is 3. The fraction of sp³-hybridized carbons (Fsp3) is 0.167. The number of anilines is 1. The van der Waals surface area contributed by atoms with Crippen LogP contribution in [0.1, 0.15) is 36.7 Å². The average Bonchev–Trinajstić information content (AvgIpc) is 3.01. The normalized spacial score (nSPS) is 13.2. The second-order valence-corrected chi connectivity index (χ2v) is 8.24. The van der Waals surface area contributed by atoms with Crippen molar-refractivity contribution in [2.24, 2.45) is 0 Å². The van der Waals surface area contributed by atoms with Crippen LogP contribution in [-0.4, -0.2) is 15.5 Å². The van der Waals surface area contributed by atoms with Crippen LogP contribution in [0.5, 0.6) is 0 Å². The first kappa shape index (κ1) is 16.8. The molecule has 2 heterocycles. The van der Waals surface area contributed by atoms with Crippen molar-refractivity contribution in [2.45, 2.75) is 26.2 Å². The summed E-state index contributed by atoms with van der Waals surface area (Å²) in [6.45, 7) is 6.62. The molecule has 1 N–H and O–H groups in total. The first-order valence-electron chi connectivity index (χ1n) is 9.46. The molecule has 0 spiro atoms. The van der Waals surface area contributed by atoms with E-state index in [-0.39, 0.29) is 11.3 Å². The number of para-hydroxylation sites is 3. The smallest absolute Gasteiger partial charge is 0.257 e. The van der Waals surface area contributed by atoms with Gasteiger partial charge in [0.1, 0.15) is 5.82 Å². The topological polar surface area (TPSA) is 46.9 Å². The number of rotatable bonds is 1. The largest absolute Gasteiger partial charge is 0.320 e. The molecule has 138 valence electrons. The summed E-state index contributed by atoms with van der Waals surface area (Å²) in [5, 5.41) is 3.04. The molecule has 1 amide bonds. The summed E-state index contributed by atoms with van der Waals surface area (Å²) in [6.07, 6.45) is 0. The highest BCUT2D eigenvalue weighted by Crippen LogP contribution is 2.36. The fourth-order valence-electron chi connectivity index (χ4n) is 3.82. The Hall–Kier alpha value is -3.40. The molecule has 4 nitrogen and oxygen atoms in total. The highest BCUT2D eigenvalue weighted by atomic mass is 16.1. The number of nitrogens with one attached hydrogen (secondary N) is 1. The van der Waals surface area contributed by atoms with Gasteiger partial charge in [0, 0.05) is 5.56 Å². The van der Waals surface area contributed by atoms with E-state index in [4.69, 9.17) is 4.98 Å². The van der Waals surface area contributed by atoms with Gasteiger partial charge in [-0.1, -0.05) is 63.2 Å². The number of hydrogen-bond acceptors (Lipinski definition) is 2. The highest BCUT2D eigenvalue weighted by molar-refractivity contribution is 6.14. The predicted octanol–water partition coefficient (Wildman–Crippen LogP) is 5.56. The number of imidazole rings is 1. The minimum Gasteiger partial charge on any atom is -0.320 e. The summed E-state index contributed by atoms with van der Waals surface area (Å²) < 4.78 is 2.10. The molecule has 0 saturated carbocycles. The van der Waals surface area contributed by atoms with Crippen LogP contribution in [0.3, 0.4) is 0 Å². The Labute approximate surface area is 163 Å². The molecule has 1 aliphatic heterocycles. The van der Waals surface area contributed by atoms with Crippen LogP contribution in [-0.2, 0) is 5.41 Å². The Bertz CT molecular complexity index is 1230. The molecule has 0 unspecified atom stereocenters. The van der Waals surface area contributed by atoms with Crippen molar-refractivity contribution in [3.8, 4) is 17.1 Å². The summed E-state index contributed by atoms with van der Waals surface area (Å²) in [7, 11) is 0. The van der Waals surface area contributed by atoms with E-state index in [1.807, 2.05) is 42.5 Å². The first-order valence-corrected chi connectivity index (χ1v) is 9.46. The SMILES string of the molecule is CC(C)(C)c1ccc(-c2nc3cccc4c3n2-c2ccccc2NC4=O)cc1. The maximum absolute atomic E-state index is 12.8. The van der Waals surface area contributed by atoms with Crippen molar-refractivity contribution < 1.29 is 4.79 Å². The zero-order valence-electron chi connectivity index (χ0n) is 16.2. The van der Waals surface area contributed by atoms with Gasteiger partial charge < -0.3 is 5.32 Å². The van der Waals surface area contributed by atoms with E-state index in [1.54, 1.807) is 0 Å². The molecule has 4 heteroatoms. The molecular weight excluding hydrogens is 346 g/mol. The van der Waals surface area contributed by atoms with Crippen LogP contribution < -0.4 is 5.32 Å². The summed E-state index contributed by atoms with van der Waals surface area (Å²) in [5.74, 6) is 0.734. The summed E-state index contributed by atoms with van der Waals surface area (Å²) in [6, 6.07) is 22.1. The second-order valence-electron chi connectivity index (χ2n) is 8.24. The zero-order chi connectivity index (χ0) is 19.5. The molecule has 0 radical (unpaired) electrons. The highest BCUT2D eigenvalue weighted by Gasteiger charge is 2.25. The van der Waals surface area contributed by atoms with Gasteiger partial charge in [-0.3, -0.25) is 9.36 Å². The Morgan fingerprint density at radius 2 is 1.64 bits per heavy atom. The van der Waals surface area contributed by atoms with Gasteiger partial charge in [0.2, 0.25) is 0 Å². The molecule has 0 atom stereocenters. The molecule has 28 heavy (non-hydrogen) atoms. The minimum absolute atomic E-state index is 0.0949. The van der Waals surface area contributed by atoms with E-state index >= 15 is 0 Å². The molecular formula is C24H21N3O. The van der Waals surface area contributed by atoms with Gasteiger partial charge in [-0.15, -0.1) is 0 Å². The maximum atomic E-state index is 12.8. The Morgan fingerprint density at radius 1 is 0.893 bits per heavy atom. The monoisotopic (exact) mass is 367 g/mol. The van der Waals surface area contributed by atoms with Crippen LogP contribution in [0.15, 0.2) is 66.7 Å². The quantitative estimate of drug-likeness (QED) is 0.479. The van der Waals surface area contributed by atoms with Crippen molar-refractivity contribution >= 4 is 22.6 Å². The molecule has 0 saturated heterocycles. The molecule has 0 bridgehead atoms. The molecule has 1 aliphatic rings. The third-order valence-corrected chi connectivity index (χ3v) is 5.32. The number of amides is 1. The Kier molecular flexibility index (Phi) is 3.47. The van der Waals surface area contributed by atoms with Gasteiger partial charge in [-0.25, -0.2) is 4.98 Å². The van der Waals surface area contributed by atoms with Crippen LogP contribution in [0.4, 0.5) is 5.69 Å². The molecule has 1 aromatic heterocycles. The summed E-state index contributed by atoms with van der Waals surface area (Å²) in [5.41, 5.74) is 6.42. The van der Waals surface area contributed by atoms with Gasteiger partial charge in [-0.2, -0.15) is 0 Å². The van der Waals surface area contributed by atoms with E-state index < -0.39 is 0 Å². The molecule has 5 rings (SSSR count). The van der Waals surface area contributed by atoms with Gasteiger partial charge >= 0.3 is 0 Å². The van der Waals surface area contributed by atoms with E-state index in [2.05, 4.69) is 54.9 Å². The van der Waals surface area contributed by atoms with E-state index in [1.165, 1.54) is 5.56 Å². The third kappa shape index (κ3) is 2.45. The van der Waals surface area contributed by atoms with Crippen LogP contribution in [0.2, 0.25) is 0 Å². The van der Waals surface area contributed by atoms with E-state index in [0.29, 0.717) is 5.56 Å². The lowest BCUT2D eigenvalue weighted by Crippen LogP contribution is -2.11. The molecule has 3 aromatic carbocycles. The van der Waals surface area contributed by atoms with Crippen molar-refractivity contribution in [3.63, 3.8) is 0 Å². The Balaban J connectivity index is 1.82. The first-order chi connectivity index (χ1) is 13.4. The molecule has 0 aliphatic carbocycles. The second kappa shape index (κ2) is 5.80. The van der Waals surface area contributed by atoms with Crippen molar-refractivity contribution in [1.29, 1.82) is 0 Å². The fourth-order valence-corrected chi connectivity index (χ4v) is 3.82. The van der Waals surface area contributed by atoms with Crippen molar-refractivity contribution in [3.05, 3.63) is 77.9 Å². The standard InChI is InChI=1S/C24H21N3O/c1-24(2,3)16-13-11-15(12-14-16)22-25-19-9-6-7-17-21(19)27(22)20-10-5-4-8-18(20)26-23(17)28/h4-14H,1-3H3,(H,26,28). The maximum Gasteiger partial charge on any atom is 0.257 e. The zero-order valence-corrected chi connectivity index (χ0v) is 16.2. The number of carbonyl (C=O) groups is 1. The van der Waals surface area contributed by atoms with Crippen LogP contribution in [0.25, 0.3) is 28.1 Å². The van der Waals surface area contributed by atoms with Gasteiger partial charge in [0.05, 0.1) is 28.0 Å². The van der Waals surface area contributed by atoms with Gasteiger partial charge in [-0.05, 0) is 35.2 Å². The lowest BCUT2D eigenvalue weighted by molar-refractivity contribution is 0.102. The van der Waals surface area contributed by atoms with E-state index in [0.717, 1.165) is 33.8 Å².